The summed E-state index contributed by atoms with van der Waals surface area (Å²) < 4.78 is 41.6. The number of halogens is 3. The molecule has 0 saturated carbocycles. The largest absolute Gasteiger partial charge is 0.304 e. The Morgan fingerprint density at radius 3 is 2.67 bits per heavy atom. The van der Waals surface area contributed by atoms with Crippen molar-refractivity contribution in [1.82, 2.24) is 14.1 Å². The van der Waals surface area contributed by atoms with E-state index in [1.165, 1.54) is 30.5 Å². The fourth-order valence-electron chi connectivity index (χ4n) is 2.18. The Labute approximate surface area is 148 Å². The number of imidazole rings is 1. The van der Waals surface area contributed by atoms with Crippen LogP contribution in [-0.4, -0.2) is 24.3 Å². The van der Waals surface area contributed by atoms with Crippen LogP contribution in [0.2, 0.25) is 10.0 Å². The standard InChI is InChI=1S/C15H12Cl2FN3O2S/c16-13-3-2-12(7-14(13)17)24(22,23)19-6-5-11-9-21-8-10(18)1-4-15(21)20-11/h1-4,7-9,19H,5-6H2. The fourth-order valence-corrected chi connectivity index (χ4v) is 3.60. The van der Waals surface area contributed by atoms with Gasteiger partial charge in [0.15, 0.2) is 0 Å². The Bertz CT molecular complexity index is 1010. The summed E-state index contributed by atoms with van der Waals surface area (Å²) in [4.78, 5) is 4.33. The number of hydrogen-bond acceptors (Lipinski definition) is 3. The molecular weight excluding hydrogens is 376 g/mol. The van der Waals surface area contributed by atoms with Crippen LogP contribution >= 0.6 is 23.2 Å². The third kappa shape index (κ3) is 3.70. The van der Waals surface area contributed by atoms with Crippen LogP contribution in [-0.2, 0) is 16.4 Å². The van der Waals surface area contributed by atoms with Gasteiger partial charge in [0.2, 0.25) is 10.0 Å². The Kier molecular flexibility index (Phi) is 4.78. The van der Waals surface area contributed by atoms with Crippen molar-refractivity contribution in [2.75, 3.05) is 6.54 Å². The zero-order valence-electron chi connectivity index (χ0n) is 12.2. The van der Waals surface area contributed by atoms with Crippen molar-refractivity contribution < 1.29 is 12.8 Å². The smallest absolute Gasteiger partial charge is 0.240 e. The molecular formula is C15H12Cl2FN3O2S. The summed E-state index contributed by atoms with van der Waals surface area (Å²) in [7, 11) is -3.69. The summed E-state index contributed by atoms with van der Waals surface area (Å²) >= 11 is 11.6. The number of rotatable bonds is 5. The molecule has 0 aliphatic rings. The van der Waals surface area contributed by atoms with Gasteiger partial charge in [0.05, 0.1) is 20.6 Å². The van der Waals surface area contributed by atoms with E-state index in [1.54, 1.807) is 16.7 Å². The summed E-state index contributed by atoms with van der Waals surface area (Å²) in [6, 6.07) is 6.97. The van der Waals surface area contributed by atoms with Crippen molar-refractivity contribution in [1.29, 1.82) is 0 Å². The second-order valence-electron chi connectivity index (χ2n) is 5.07. The van der Waals surface area contributed by atoms with Crippen LogP contribution in [0.15, 0.2) is 47.6 Å². The van der Waals surface area contributed by atoms with Crippen molar-refractivity contribution >= 4 is 38.9 Å². The van der Waals surface area contributed by atoms with Crippen molar-refractivity contribution in [3.8, 4) is 0 Å². The molecule has 9 heteroatoms. The van der Waals surface area contributed by atoms with Gasteiger partial charge in [-0.25, -0.2) is 22.5 Å². The van der Waals surface area contributed by atoms with Gasteiger partial charge < -0.3 is 4.40 Å². The average molecular weight is 388 g/mol. The quantitative estimate of drug-likeness (QED) is 0.730. The molecule has 0 spiro atoms. The number of pyridine rings is 1. The molecule has 24 heavy (non-hydrogen) atoms. The predicted molar refractivity (Wildman–Crippen MR) is 90.5 cm³/mol. The van der Waals surface area contributed by atoms with Gasteiger partial charge in [0.1, 0.15) is 11.5 Å². The molecule has 1 N–H and O–H groups in total. The van der Waals surface area contributed by atoms with Gasteiger partial charge in [0, 0.05) is 25.4 Å². The SMILES string of the molecule is O=S(=O)(NCCc1cn2cc(F)ccc2n1)c1ccc(Cl)c(Cl)c1. The van der Waals surface area contributed by atoms with Gasteiger partial charge in [-0.05, 0) is 30.3 Å². The number of nitrogens with one attached hydrogen (secondary N) is 1. The minimum Gasteiger partial charge on any atom is -0.304 e. The van der Waals surface area contributed by atoms with Crippen LogP contribution in [0.3, 0.4) is 0 Å². The van der Waals surface area contributed by atoms with Crippen LogP contribution in [0, 0.1) is 5.82 Å². The average Bonchev–Trinajstić information content (AvgIpc) is 2.91. The van der Waals surface area contributed by atoms with E-state index in [0.717, 1.165) is 0 Å². The molecule has 0 aliphatic carbocycles. The van der Waals surface area contributed by atoms with Gasteiger partial charge in [-0.3, -0.25) is 0 Å². The highest BCUT2D eigenvalue weighted by atomic mass is 35.5. The van der Waals surface area contributed by atoms with Crippen LogP contribution in [0.5, 0.6) is 0 Å². The molecule has 3 aromatic rings. The molecule has 0 amide bonds. The number of aromatic nitrogens is 2. The first-order valence-corrected chi connectivity index (χ1v) is 9.17. The second-order valence-corrected chi connectivity index (χ2v) is 7.65. The first-order chi connectivity index (χ1) is 11.3. The number of nitrogens with zero attached hydrogens (tertiary/aromatic N) is 2. The molecule has 0 radical (unpaired) electrons. The highest BCUT2D eigenvalue weighted by Crippen LogP contribution is 2.24. The van der Waals surface area contributed by atoms with Crippen LogP contribution in [0.4, 0.5) is 4.39 Å². The van der Waals surface area contributed by atoms with Crippen LogP contribution in [0.25, 0.3) is 5.65 Å². The topological polar surface area (TPSA) is 63.5 Å². The van der Waals surface area contributed by atoms with Gasteiger partial charge in [0.25, 0.3) is 0 Å². The zero-order chi connectivity index (χ0) is 17.3. The maximum atomic E-state index is 13.1. The Morgan fingerprint density at radius 2 is 1.92 bits per heavy atom. The molecule has 1 aromatic carbocycles. The monoisotopic (exact) mass is 387 g/mol. The molecule has 0 aliphatic heterocycles. The summed E-state index contributed by atoms with van der Waals surface area (Å²) in [5, 5.41) is 0.453. The van der Waals surface area contributed by atoms with Crippen molar-refractivity contribution in [3.05, 3.63) is 64.3 Å². The van der Waals surface area contributed by atoms with Gasteiger partial charge in [-0.1, -0.05) is 23.2 Å². The van der Waals surface area contributed by atoms with E-state index in [9.17, 15) is 12.8 Å². The lowest BCUT2D eigenvalue weighted by Crippen LogP contribution is -2.26. The van der Waals surface area contributed by atoms with E-state index in [4.69, 9.17) is 23.2 Å². The summed E-state index contributed by atoms with van der Waals surface area (Å²) in [5.74, 6) is -0.369. The molecule has 0 unspecified atom stereocenters. The molecule has 3 rings (SSSR count). The van der Waals surface area contributed by atoms with E-state index in [-0.39, 0.29) is 27.3 Å². The molecule has 0 atom stereocenters. The zero-order valence-corrected chi connectivity index (χ0v) is 14.5. The van der Waals surface area contributed by atoms with Gasteiger partial charge >= 0.3 is 0 Å². The number of sulfonamides is 1. The Hall–Kier alpha value is -1.67. The lowest BCUT2D eigenvalue weighted by Gasteiger charge is -2.06. The Morgan fingerprint density at radius 1 is 1.12 bits per heavy atom. The molecule has 0 fully saturated rings. The molecule has 2 aromatic heterocycles. The summed E-state index contributed by atoms with van der Waals surface area (Å²) in [6.07, 6.45) is 3.33. The lowest BCUT2D eigenvalue weighted by atomic mass is 10.3. The van der Waals surface area contributed by atoms with Crippen LogP contribution < -0.4 is 4.72 Å². The van der Waals surface area contributed by atoms with Gasteiger partial charge in [-0.15, -0.1) is 0 Å². The molecule has 5 nitrogen and oxygen atoms in total. The van der Waals surface area contributed by atoms with E-state index < -0.39 is 10.0 Å². The summed E-state index contributed by atoms with van der Waals surface area (Å²) in [5.41, 5.74) is 1.25. The molecule has 0 saturated heterocycles. The second kappa shape index (κ2) is 6.68. The number of benzene rings is 1. The maximum absolute atomic E-state index is 13.1. The minimum absolute atomic E-state index is 0.0361. The highest BCUT2D eigenvalue weighted by Gasteiger charge is 2.15. The van der Waals surface area contributed by atoms with E-state index in [1.807, 2.05) is 0 Å². The lowest BCUT2D eigenvalue weighted by molar-refractivity contribution is 0.581. The molecule has 2 heterocycles. The van der Waals surface area contributed by atoms with Crippen LogP contribution in [0.1, 0.15) is 5.69 Å². The number of fused-ring (bicyclic) bond motifs is 1. The van der Waals surface area contributed by atoms with Crippen molar-refractivity contribution in [3.63, 3.8) is 0 Å². The third-order valence-corrected chi connectivity index (χ3v) is 5.54. The third-order valence-electron chi connectivity index (χ3n) is 3.34. The van der Waals surface area contributed by atoms with Gasteiger partial charge in [-0.2, -0.15) is 0 Å². The minimum atomic E-state index is -3.69. The van der Waals surface area contributed by atoms with E-state index in [2.05, 4.69) is 9.71 Å². The maximum Gasteiger partial charge on any atom is 0.240 e. The predicted octanol–water partition coefficient (Wildman–Crippen LogP) is 3.30. The van der Waals surface area contributed by atoms with Crippen molar-refractivity contribution in [2.24, 2.45) is 0 Å². The van der Waals surface area contributed by atoms with Crippen molar-refractivity contribution in [2.45, 2.75) is 11.3 Å². The first-order valence-electron chi connectivity index (χ1n) is 6.93. The first kappa shape index (κ1) is 17.2. The normalized spacial score (nSPS) is 12.0. The Balaban J connectivity index is 1.68. The summed E-state index contributed by atoms with van der Waals surface area (Å²) in [6.45, 7) is 0.148. The molecule has 0 bridgehead atoms. The number of hydrogen-bond donors (Lipinski definition) is 1. The van der Waals surface area contributed by atoms with E-state index >= 15 is 0 Å². The highest BCUT2D eigenvalue weighted by molar-refractivity contribution is 7.89. The molecule has 126 valence electrons. The fraction of sp³-hybridized carbons (Fsp3) is 0.133. The van der Waals surface area contributed by atoms with E-state index in [0.29, 0.717) is 17.8 Å².